The molecule has 0 radical (unpaired) electrons. The van der Waals surface area contributed by atoms with Crippen molar-refractivity contribution in [2.24, 2.45) is 0 Å². The van der Waals surface area contributed by atoms with Crippen molar-refractivity contribution in [3.05, 3.63) is 64.7 Å². The van der Waals surface area contributed by atoms with E-state index in [1.165, 1.54) is 14.2 Å². The van der Waals surface area contributed by atoms with E-state index in [2.05, 4.69) is 0 Å². The first-order chi connectivity index (χ1) is 10.6. The Bertz CT molecular complexity index is 682. The number of halogens is 1. The van der Waals surface area contributed by atoms with Crippen LogP contribution in [0.4, 0.5) is 0 Å². The number of carbonyl (C=O) groups excluding carboxylic acids is 2. The largest absolute Gasteiger partial charge is 0.496 e. The first-order valence-corrected chi connectivity index (χ1v) is 6.97. The molecule has 2 aromatic carbocycles. The zero-order chi connectivity index (χ0) is 16.1. The Morgan fingerprint density at radius 1 is 1.00 bits per heavy atom. The zero-order valence-corrected chi connectivity index (χ0v) is 13.0. The van der Waals surface area contributed by atoms with Crippen molar-refractivity contribution >= 4 is 23.4 Å². The van der Waals surface area contributed by atoms with Gasteiger partial charge < -0.3 is 9.47 Å². The third-order valence-corrected chi connectivity index (χ3v) is 3.59. The van der Waals surface area contributed by atoms with Crippen molar-refractivity contribution < 1.29 is 19.1 Å². The van der Waals surface area contributed by atoms with Crippen molar-refractivity contribution in [1.29, 1.82) is 0 Å². The SMILES string of the molecule is COC(=O)C(C(=O)c1c(Cl)cccc1OC)c1ccccc1. The minimum absolute atomic E-state index is 0.172. The number of ether oxygens (including phenoxy) is 2. The molecule has 0 amide bonds. The highest BCUT2D eigenvalue weighted by Gasteiger charge is 2.33. The second-order valence-electron chi connectivity index (χ2n) is 4.55. The Labute approximate surface area is 133 Å². The van der Waals surface area contributed by atoms with Crippen molar-refractivity contribution in [2.75, 3.05) is 14.2 Å². The summed E-state index contributed by atoms with van der Waals surface area (Å²) in [6, 6.07) is 13.6. The van der Waals surface area contributed by atoms with E-state index in [0.717, 1.165) is 0 Å². The van der Waals surface area contributed by atoms with Crippen LogP contribution >= 0.6 is 11.6 Å². The number of hydrogen-bond acceptors (Lipinski definition) is 4. The van der Waals surface area contributed by atoms with E-state index >= 15 is 0 Å². The van der Waals surface area contributed by atoms with Gasteiger partial charge >= 0.3 is 5.97 Å². The number of esters is 1. The van der Waals surface area contributed by atoms with Crippen LogP contribution in [0.15, 0.2) is 48.5 Å². The van der Waals surface area contributed by atoms with Gasteiger partial charge in [0.15, 0.2) is 5.78 Å². The maximum absolute atomic E-state index is 12.9. The summed E-state index contributed by atoms with van der Waals surface area (Å²) in [6.07, 6.45) is 0. The molecule has 0 spiro atoms. The molecule has 0 N–H and O–H groups in total. The highest BCUT2D eigenvalue weighted by Crippen LogP contribution is 2.32. The highest BCUT2D eigenvalue weighted by molar-refractivity contribution is 6.35. The molecular weight excluding hydrogens is 304 g/mol. The van der Waals surface area contributed by atoms with Gasteiger partial charge in [0.05, 0.1) is 24.8 Å². The molecule has 22 heavy (non-hydrogen) atoms. The number of benzene rings is 2. The lowest BCUT2D eigenvalue weighted by atomic mass is 9.90. The summed E-state index contributed by atoms with van der Waals surface area (Å²) in [5.41, 5.74) is 0.715. The zero-order valence-electron chi connectivity index (χ0n) is 12.2. The van der Waals surface area contributed by atoms with Crippen molar-refractivity contribution in [3.63, 3.8) is 0 Å². The Morgan fingerprint density at radius 2 is 1.68 bits per heavy atom. The van der Waals surface area contributed by atoms with Crippen LogP contribution in [0.5, 0.6) is 5.75 Å². The van der Waals surface area contributed by atoms with Crippen LogP contribution in [0.2, 0.25) is 5.02 Å². The summed E-state index contributed by atoms with van der Waals surface area (Å²) < 4.78 is 9.97. The third-order valence-electron chi connectivity index (χ3n) is 3.27. The second-order valence-corrected chi connectivity index (χ2v) is 4.96. The average molecular weight is 319 g/mol. The first kappa shape index (κ1) is 16.0. The lowest BCUT2D eigenvalue weighted by Gasteiger charge is -2.16. The number of methoxy groups -OCH3 is 2. The minimum Gasteiger partial charge on any atom is -0.496 e. The summed E-state index contributed by atoms with van der Waals surface area (Å²) in [5, 5.41) is 0.231. The molecule has 4 nitrogen and oxygen atoms in total. The topological polar surface area (TPSA) is 52.6 Å². The molecule has 114 valence electrons. The quantitative estimate of drug-likeness (QED) is 0.481. The molecule has 0 aliphatic rings. The van der Waals surface area contributed by atoms with Crippen LogP contribution < -0.4 is 4.74 Å². The number of ketones is 1. The van der Waals surface area contributed by atoms with Gasteiger partial charge in [0, 0.05) is 0 Å². The van der Waals surface area contributed by atoms with Crippen LogP contribution in [0.3, 0.4) is 0 Å². The van der Waals surface area contributed by atoms with Crippen molar-refractivity contribution in [2.45, 2.75) is 5.92 Å². The van der Waals surface area contributed by atoms with Gasteiger partial charge in [-0.25, -0.2) is 0 Å². The molecule has 0 saturated carbocycles. The summed E-state index contributed by atoms with van der Waals surface area (Å²) in [4.78, 5) is 25.0. The second kappa shape index (κ2) is 7.09. The van der Waals surface area contributed by atoms with E-state index in [-0.39, 0.29) is 10.6 Å². The summed E-state index contributed by atoms with van der Waals surface area (Å²) in [6.45, 7) is 0. The fourth-order valence-corrected chi connectivity index (χ4v) is 2.47. The molecule has 1 unspecified atom stereocenters. The average Bonchev–Trinajstić information content (AvgIpc) is 2.55. The number of hydrogen-bond donors (Lipinski definition) is 0. The van der Waals surface area contributed by atoms with Crippen LogP contribution in [-0.4, -0.2) is 26.0 Å². The molecule has 0 aliphatic carbocycles. The molecule has 2 rings (SSSR count). The summed E-state index contributed by atoms with van der Waals surface area (Å²) >= 11 is 6.13. The Kier molecular flexibility index (Phi) is 5.17. The molecule has 2 aromatic rings. The van der Waals surface area contributed by atoms with E-state index in [1.807, 2.05) is 0 Å². The predicted octanol–water partition coefficient (Wildman–Crippen LogP) is 3.49. The molecule has 1 atom stereocenters. The van der Waals surface area contributed by atoms with Crippen molar-refractivity contribution in [3.8, 4) is 5.75 Å². The van der Waals surface area contributed by atoms with Gasteiger partial charge in [-0.1, -0.05) is 48.0 Å². The van der Waals surface area contributed by atoms with Gasteiger partial charge in [0.2, 0.25) is 0 Å². The summed E-state index contributed by atoms with van der Waals surface area (Å²) in [5.74, 6) is -1.86. The van der Waals surface area contributed by atoms with E-state index in [4.69, 9.17) is 21.1 Å². The fraction of sp³-hybridized carbons (Fsp3) is 0.176. The maximum Gasteiger partial charge on any atom is 0.321 e. The summed E-state index contributed by atoms with van der Waals surface area (Å²) in [7, 11) is 2.69. The standard InChI is InChI=1S/C17H15ClO4/c1-21-13-10-6-9-12(18)15(13)16(19)14(17(20)22-2)11-7-4-3-5-8-11/h3-10,14H,1-2H3. The van der Waals surface area contributed by atoms with Gasteiger partial charge in [-0.15, -0.1) is 0 Å². The molecule has 0 bridgehead atoms. The third kappa shape index (κ3) is 3.12. The van der Waals surface area contributed by atoms with Gasteiger partial charge in [-0.2, -0.15) is 0 Å². The highest BCUT2D eigenvalue weighted by atomic mass is 35.5. The monoisotopic (exact) mass is 318 g/mol. The minimum atomic E-state index is -1.08. The first-order valence-electron chi connectivity index (χ1n) is 6.59. The molecule has 0 fully saturated rings. The van der Waals surface area contributed by atoms with Crippen LogP contribution in [0.1, 0.15) is 21.8 Å². The predicted molar refractivity (Wildman–Crippen MR) is 83.5 cm³/mol. The lowest BCUT2D eigenvalue weighted by molar-refractivity contribution is -0.141. The molecule has 0 aliphatic heterocycles. The van der Waals surface area contributed by atoms with E-state index in [9.17, 15) is 9.59 Å². The van der Waals surface area contributed by atoms with Gasteiger partial charge in [-0.05, 0) is 17.7 Å². The van der Waals surface area contributed by atoms with Crippen LogP contribution in [0, 0.1) is 0 Å². The Hall–Kier alpha value is -2.33. The van der Waals surface area contributed by atoms with Gasteiger partial charge in [0.1, 0.15) is 11.7 Å². The van der Waals surface area contributed by atoms with Crippen LogP contribution in [0.25, 0.3) is 0 Å². The van der Waals surface area contributed by atoms with E-state index in [1.54, 1.807) is 48.5 Å². The Balaban J connectivity index is 2.54. The molecule has 0 heterocycles. The maximum atomic E-state index is 12.9. The molecule has 0 saturated heterocycles. The number of Topliss-reactive ketones (excluding diaryl/α,β-unsaturated/α-hetero) is 1. The van der Waals surface area contributed by atoms with Gasteiger partial charge in [0.25, 0.3) is 0 Å². The van der Waals surface area contributed by atoms with Gasteiger partial charge in [-0.3, -0.25) is 9.59 Å². The Morgan fingerprint density at radius 3 is 2.27 bits per heavy atom. The number of rotatable bonds is 5. The van der Waals surface area contributed by atoms with Crippen LogP contribution in [-0.2, 0) is 9.53 Å². The molecule has 5 heteroatoms. The fourth-order valence-electron chi connectivity index (χ4n) is 2.22. The molecular formula is C17H15ClO4. The molecule has 0 aromatic heterocycles. The van der Waals surface area contributed by atoms with E-state index < -0.39 is 17.7 Å². The van der Waals surface area contributed by atoms with E-state index in [0.29, 0.717) is 11.3 Å². The number of carbonyl (C=O) groups is 2. The smallest absolute Gasteiger partial charge is 0.321 e. The lowest BCUT2D eigenvalue weighted by Crippen LogP contribution is -2.24. The normalized spacial score (nSPS) is 11.6. The van der Waals surface area contributed by atoms with Crippen molar-refractivity contribution in [1.82, 2.24) is 0 Å².